The molecule has 2 fully saturated rings. The summed E-state index contributed by atoms with van der Waals surface area (Å²) in [4.78, 5) is 2.68. The van der Waals surface area contributed by atoms with Crippen LogP contribution >= 0.6 is 0 Å². The summed E-state index contributed by atoms with van der Waals surface area (Å²) in [5, 5.41) is 0. The van der Waals surface area contributed by atoms with Gasteiger partial charge in [-0.05, 0) is 38.0 Å². The van der Waals surface area contributed by atoms with Crippen LogP contribution in [0.4, 0.5) is 0 Å². The molecule has 1 aliphatic carbocycles. The summed E-state index contributed by atoms with van der Waals surface area (Å²) in [6, 6.07) is 1.45. The van der Waals surface area contributed by atoms with Gasteiger partial charge in [0.2, 0.25) is 0 Å². The first-order valence-corrected chi connectivity index (χ1v) is 6.18. The fourth-order valence-corrected chi connectivity index (χ4v) is 3.22. The average molecular weight is 196 g/mol. The third-order valence-corrected chi connectivity index (χ3v) is 4.19. The number of likely N-dealkylation sites (tertiary alicyclic amines) is 1. The molecule has 0 bridgehead atoms. The Kier molecular flexibility index (Phi) is 3.13. The molecule has 3 atom stereocenters. The highest BCUT2D eigenvalue weighted by Crippen LogP contribution is 2.35. The second-order valence-electron chi connectivity index (χ2n) is 5.38. The van der Waals surface area contributed by atoms with E-state index in [0.29, 0.717) is 6.04 Å². The van der Waals surface area contributed by atoms with Crippen molar-refractivity contribution >= 4 is 0 Å². The molecule has 1 heterocycles. The van der Waals surface area contributed by atoms with Crippen molar-refractivity contribution in [3.8, 4) is 0 Å². The van der Waals surface area contributed by atoms with Crippen LogP contribution in [-0.2, 0) is 0 Å². The molecule has 1 aliphatic heterocycles. The molecule has 1 saturated heterocycles. The summed E-state index contributed by atoms with van der Waals surface area (Å²) >= 11 is 0. The minimum Gasteiger partial charge on any atom is -0.329 e. The third-order valence-electron chi connectivity index (χ3n) is 4.19. The quantitative estimate of drug-likeness (QED) is 0.746. The van der Waals surface area contributed by atoms with Crippen LogP contribution in [0, 0.1) is 11.8 Å². The lowest BCUT2D eigenvalue weighted by Crippen LogP contribution is -2.49. The van der Waals surface area contributed by atoms with Crippen LogP contribution in [0.2, 0.25) is 0 Å². The highest BCUT2D eigenvalue weighted by molar-refractivity contribution is 4.91. The van der Waals surface area contributed by atoms with E-state index in [1.54, 1.807) is 0 Å². The van der Waals surface area contributed by atoms with Crippen LogP contribution in [0.1, 0.15) is 39.5 Å². The monoisotopic (exact) mass is 196 g/mol. The molecule has 1 saturated carbocycles. The van der Waals surface area contributed by atoms with Crippen molar-refractivity contribution in [2.45, 2.75) is 51.6 Å². The fraction of sp³-hybridized carbons (Fsp3) is 1.00. The highest BCUT2D eigenvalue weighted by atomic mass is 15.2. The molecule has 2 rings (SSSR count). The molecule has 0 spiro atoms. The zero-order valence-corrected chi connectivity index (χ0v) is 9.58. The van der Waals surface area contributed by atoms with Gasteiger partial charge in [-0.1, -0.05) is 13.3 Å². The summed E-state index contributed by atoms with van der Waals surface area (Å²) in [6.07, 6.45) is 5.63. The number of hydrogen-bond acceptors (Lipinski definition) is 2. The minimum absolute atomic E-state index is 0.684. The predicted octanol–water partition coefficient (Wildman–Crippen LogP) is 1.84. The van der Waals surface area contributed by atoms with E-state index in [1.165, 1.54) is 32.2 Å². The smallest absolute Gasteiger partial charge is 0.0249 e. The van der Waals surface area contributed by atoms with Crippen LogP contribution in [-0.4, -0.2) is 30.1 Å². The molecule has 2 N–H and O–H groups in total. The van der Waals surface area contributed by atoms with E-state index >= 15 is 0 Å². The van der Waals surface area contributed by atoms with Crippen molar-refractivity contribution in [2.75, 3.05) is 13.1 Å². The normalized spacial score (nSPS) is 37.1. The van der Waals surface area contributed by atoms with E-state index in [9.17, 15) is 0 Å². The van der Waals surface area contributed by atoms with E-state index in [-0.39, 0.29) is 0 Å². The van der Waals surface area contributed by atoms with Gasteiger partial charge in [-0.25, -0.2) is 0 Å². The van der Waals surface area contributed by atoms with Gasteiger partial charge in [0.25, 0.3) is 0 Å². The SMILES string of the molecule is CC1CC(C)N(C(CN)C2CCC2)C1. The van der Waals surface area contributed by atoms with Crippen LogP contribution in [0.15, 0.2) is 0 Å². The first kappa shape index (κ1) is 10.4. The largest absolute Gasteiger partial charge is 0.329 e. The predicted molar refractivity (Wildman–Crippen MR) is 60.1 cm³/mol. The minimum atomic E-state index is 0.684. The molecule has 0 aromatic carbocycles. The van der Waals surface area contributed by atoms with E-state index in [2.05, 4.69) is 18.7 Å². The lowest BCUT2D eigenvalue weighted by atomic mass is 9.79. The van der Waals surface area contributed by atoms with Gasteiger partial charge in [0.1, 0.15) is 0 Å². The van der Waals surface area contributed by atoms with Crippen molar-refractivity contribution < 1.29 is 0 Å². The lowest BCUT2D eigenvalue weighted by molar-refractivity contribution is 0.0937. The van der Waals surface area contributed by atoms with Gasteiger partial charge in [0.15, 0.2) is 0 Å². The Balaban J connectivity index is 1.96. The first-order valence-electron chi connectivity index (χ1n) is 6.18. The molecule has 82 valence electrons. The summed E-state index contributed by atoms with van der Waals surface area (Å²) in [5.41, 5.74) is 5.93. The van der Waals surface area contributed by atoms with Crippen LogP contribution in [0.3, 0.4) is 0 Å². The molecule has 0 aromatic rings. The maximum atomic E-state index is 5.93. The maximum Gasteiger partial charge on any atom is 0.0249 e. The number of rotatable bonds is 3. The van der Waals surface area contributed by atoms with Crippen molar-refractivity contribution in [3.63, 3.8) is 0 Å². The molecule has 2 aliphatic rings. The second kappa shape index (κ2) is 4.19. The van der Waals surface area contributed by atoms with Crippen molar-refractivity contribution in [1.29, 1.82) is 0 Å². The molecular weight excluding hydrogens is 172 g/mol. The summed E-state index contributed by atoms with van der Waals surface area (Å²) in [5.74, 6) is 1.78. The van der Waals surface area contributed by atoms with Crippen LogP contribution in [0.25, 0.3) is 0 Å². The van der Waals surface area contributed by atoms with Gasteiger partial charge < -0.3 is 5.73 Å². The number of nitrogens with zero attached hydrogens (tertiary/aromatic N) is 1. The summed E-state index contributed by atoms with van der Waals surface area (Å²) in [7, 11) is 0. The molecule has 0 radical (unpaired) electrons. The molecule has 14 heavy (non-hydrogen) atoms. The molecule has 2 heteroatoms. The van der Waals surface area contributed by atoms with Crippen molar-refractivity contribution in [2.24, 2.45) is 17.6 Å². The number of nitrogens with two attached hydrogens (primary N) is 1. The van der Waals surface area contributed by atoms with Crippen LogP contribution in [0.5, 0.6) is 0 Å². The zero-order valence-electron chi connectivity index (χ0n) is 9.58. The van der Waals surface area contributed by atoms with Gasteiger partial charge >= 0.3 is 0 Å². The van der Waals surface area contributed by atoms with Gasteiger partial charge in [-0.2, -0.15) is 0 Å². The van der Waals surface area contributed by atoms with Gasteiger partial charge in [-0.3, -0.25) is 4.90 Å². The van der Waals surface area contributed by atoms with E-state index in [1.807, 2.05) is 0 Å². The molecule has 0 aromatic heterocycles. The van der Waals surface area contributed by atoms with E-state index < -0.39 is 0 Å². The van der Waals surface area contributed by atoms with Gasteiger partial charge in [0, 0.05) is 25.2 Å². The third kappa shape index (κ3) is 1.82. The number of hydrogen-bond donors (Lipinski definition) is 1. The standard InChI is InChI=1S/C12H24N2/c1-9-6-10(2)14(8-9)12(7-13)11-4-3-5-11/h9-12H,3-8,13H2,1-2H3. The maximum absolute atomic E-state index is 5.93. The second-order valence-corrected chi connectivity index (χ2v) is 5.38. The fourth-order valence-electron chi connectivity index (χ4n) is 3.22. The Morgan fingerprint density at radius 2 is 2.07 bits per heavy atom. The van der Waals surface area contributed by atoms with Gasteiger partial charge in [-0.15, -0.1) is 0 Å². The average Bonchev–Trinajstić information content (AvgIpc) is 2.37. The topological polar surface area (TPSA) is 29.3 Å². The Hall–Kier alpha value is -0.0800. The zero-order chi connectivity index (χ0) is 10.1. The molecule has 0 amide bonds. The van der Waals surface area contributed by atoms with Crippen LogP contribution < -0.4 is 5.73 Å². The molecular formula is C12H24N2. The Labute approximate surface area is 87.8 Å². The Bertz CT molecular complexity index is 187. The summed E-state index contributed by atoms with van der Waals surface area (Å²) in [6.45, 7) is 6.87. The Morgan fingerprint density at radius 3 is 2.43 bits per heavy atom. The lowest BCUT2D eigenvalue weighted by Gasteiger charge is -2.40. The highest BCUT2D eigenvalue weighted by Gasteiger charge is 2.36. The molecule has 3 unspecified atom stereocenters. The first-order chi connectivity index (χ1) is 6.72. The van der Waals surface area contributed by atoms with E-state index in [0.717, 1.165) is 24.4 Å². The van der Waals surface area contributed by atoms with Gasteiger partial charge in [0.05, 0.1) is 0 Å². The Morgan fingerprint density at radius 1 is 1.36 bits per heavy atom. The van der Waals surface area contributed by atoms with E-state index in [4.69, 9.17) is 5.73 Å². The van der Waals surface area contributed by atoms with Crippen molar-refractivity contribution in [1.82, 2.24) is 4.90 Å². The molecule has 2 nitrogen and oxygen atoms in total. The summed E-state index contributed by atoms with van der Waals surface area (Å²) < 4.78 is 0. The van der Waals surface area contributed by atoms with Crippen molar-refractivity contribution in [3.05, 3.63) is 0 Å².